The lowest BCUT2D eigenvalue weighted by Gasteiger charge is -2.31. The molecule has 0 unspecified atom stereocenters. The zero-order chi connectivity index (χ0) is 24.9. The van der Waals surface area contributed by atoms with Crippen LogP contribution >= 0.6 is 54.5 Å². The summed E-state index contributed by atoms with van der Waals surface area (Å²) in [5, 5.41) is 0. The van der Waals surface area contributed by atoms with Gasteiger partial charge in [-0.3, -0.25) is 0 Å². The highest BCUT2D eigenvalue weighted by Gasteiger charge is 2.48. The second-order valence-corrected chi connectivity index (χ2v) is 12.2. The second kappa shape index (κ2) is 16.1. The average Bonchev–Trinajstić information content (AvgIpc) is 3.48. The second-order valence-electron chi connectivity index (χ2n) is 7.34. The van der Waals surface area contributed by atoms with Crippen molar-refractivity contribution in [1.29, 1.82) is 0 Å². The van der Waals surface area contributed by atoms with Crippen molar-refractivity contribution in [2.45, 2.75) is 5.79 Å². The van der Waals surface area contributed by atoms with Gasteiger partial charge in [-0.15, -0.1) is 22.7 Å². The van der Waals surface area contributed by atoms with Crippen molar-refractivity contribution in [3.05, 3.63) is 30.8 Å². The van der Waals surface area contributed by atoms with Gasteiger partial charge in [-0.2, -0.15) is 0 Å². The van der Waals surface area contributed by atoms with Gasteiger partial charge in [0.25, 0.3) is 0 Å². The summed E-state index contributed by atoms with van der Waals surface area (Å²) in [4.78, 5) is 2.31. The highest BCUT2D eigenvalue weighted by atomic mass is 79.9. The average molecular weight is 660 g/mol. The van der Waals surface area contributed by atoms with Crippen LogP contribution in [0.3, 0.4) is 0 Å². The smallest absolute Gasteiger partial charge is 0.225 e. The molecule has 198 valence electrons. The van der Waals surface area contributed by atoms with Crippen molar-refractivity contribution < 1.29 is 37.9 Å². The van der Waals surface area contributed by atoms with E-state index in [0.29, 0.717) is 79.3 Å². The first-order valence-electron chi connectivity index (χ1n) is 11.3. The van der Waals surface area contributed by atoms with Crippen molar-refractivity contribution in [3.8, 4) is 9.75 Å². The number of rotatable bonds is 20. The number of halogens is 2. The lowest BCUT2D eigenvalue weighted by molar-refractivity contribution is -0.225. The highest BCUT2D eigenvalue weighted by Crippen LogP contribution is 2.58. The fourth-order valence-electron chi connectivity index (χ4n) is 3.46. The van der Waals surface area contributed by atoms with Crippen LogP contribution in [0.25, 0.3) is 9.75 Å². The fraction of sp³-hybridized carbons (Fsp3) is 0.652. The van der Waals surface area contributed by atoms with Crippen LogP contribution in [0, 0.1) is 0 Å². The lowest BCUT2D eigenvalue weighted by atomic mass is 10.1. The van der Waals surface area contributed by atoms with E-state index in [4.69, 9.17) is 37.9 Å². The summed E-state index contributed by atoms with van der Waals surface area (Å²) in [6.07, 6.45) is 0. The number of thiophene rings is 2. The van der Waals surface area contributed by atoms with Gasteiger partial charge in [0.05, 0.1) is 96.6 Å². The maximum Gasteiger partial charge on any atom is 0.225 e. The number of hydrogen-bond donors (Lipinski definition) is 0. The van der Waals surface area contributed by atoms with Crippen LogP contribution in [-0.2, 0) is 43.7 Å². The minimum atomic E-state index is -1.01. The summed E-state index contributed by atoms with van der Waals surface area (Å²) < 4.78 is 47.2. The maximum absolute atomic E-state index is 6.46. The van der Waals surface area contributed by atoms with E-state index in [0.717, 1.165) is 28.5 Å². The van der Waals surface area contributed by atoms with Crippen LogP contribution in [0.15, 0.2) is 19.7 Å². The highest BCUT2D eigenvalue weighted by molar-refractivity contribution is 9.11. The first-order valence-corrected chi connectivity index (χ1v) is 14.5. The van der Waals surface area contributed by atoms with Crippen LogP contribution in [0.1, 0.15) is 11.1 Å². The van der Waals surface area contributed by atoms with E-state index >= 15 is 0 Å². The predicted molar refractivity (Wildman–Crippen MR) is 143 cm³/mol. The first-order chi connectivity index (χ1) is 17.1. The molecule has 0 fully saturated rings. The number of hydrogen-bond acceptors (Lipinski definition) is 10. The van der Waals surface area contributed by atoms with Gasteiger partial charge in [0.15, 0.2) is 0 Å². The molecule has 0 aliphatic heterocycles. The van der Waals surface area contributed by atoms with Gasteiger partial charge in [0.1, 0.15) is 0 Å². The first kappa shape index (κ1) is 29.6. The van der Waals surface area contributed by atoms with Gasteiger partial charge < -0.3 is 37.9 Å². The Kier molecular flexibility index (Phi) is 13.6. The largest absolute Gasteiger partial charge is 0.382 e. The minimum Gasteiger partial charge on any atom is -0.382 e. The molecule has 8 nitrogen and oxygen atoms in total. The number of fused-ring (bicyclic) bond motifs is 3. The molecule has 3 rings (SSSR count). The topological polar surface area (TPSA) is 73.8 Å². The third-order valence-electron chi connectivity index (χ3n) is 4.99. The quantitative estimate of drug-likeness (QED) is 0.147. The fourth-order valence-corrected chi connectivity index (χ4v) is 6.90. The monoisotopic (exact) mass is 658 g/mol. The predicted octanol–water partition coefficient (Wildman–Crippen LogP) is 4.91. The van der Waals surface area contributed by atoms with E-state index in [9.17, 15) is 0 Å². The van der Waals surface area contributed by atoms with Gasteiger partial charge >= 0.3 is 0 Å². The van der Waals surface area contributed by atoms with E-state index in [1.54, 1.807) is 36.9 Å². The Bertz CT molecular complexity index is 806. The number of ether oxygens (including phenoxy) is 8. The Hall–Kier alpha value is 0.0400. The molecule has 0 spiro atoms. The maximum atomic E-state index is 6.46. The molecule has 0 aromatic carbocycles. The third kappa shape index (κ3) is 8.52. The summed E-state index contributed by atoms with van der Waals surface area (Å²) >= 11 is 10.6. The summed E-state index contributed by atoms with van der Waals surface area (Å²) in [5.74, 6) is -1.01. The van der Waals surface area contributed by atoms with Crippen LogP contribution in [0.4, 0.5) is 0 Å². The summed E-state index contributed by atoms with van der Waals surface area (Å²) in [6, 6.07) is 4.16. The van der Waals surface area contributed by atoms with Crippen molar-refractivity contribution in [2.75, 3.05) is 93.5 Å². The van der Waals surface area contributed by atoms with Crippen molar-refractivity contribution in [2.24, 2.45) is 0 Å². The normalized spacial score (nSPS) is 13.9. The zero-order valence-corrected chi connectivity index (χ0v) is 24.8. The Morgan fingerprint density at radius 3 is 1.29 bits per heavy atom. The van der Waals surface area contributed by atoms with E-state index in [1.807, 2.05) is 0 Å². The Balaban J connectivity index is 1.55. The van der Waals surface area contributed by atoms with Gasteiger partial charge in [0.2, 0.25) is 5.79 Å². The van der Waals surface area contributed by atoms with E-state index < -0.39 is 5.79 Å². The summed E-state index contributed by atoms with van der Waals surface area (Å²) in [5.41, 5.74) is 2.02. The summed E-state index contributed by atoms with van der Waals surface area (Å²) in [6.45, 7) is 5.86. The molecule has 0 atom stereocenters. The standard InChI is InChI=1S/C23H32Br2O8S2/c1-26-3-5-28-7-9-30-11-13-32-23(33-14-12-31-10-8-29-6-4-27-2)17-15-19(24)34-21(17)22-18(23)16-20(25)35-22/h15-16H,3-14H2,1-2H3. The van der Waals surface area contributed by atoms with Crippen LogP contribution < -0.4 is 0 Å². The molecule has 0 radical (unpaired) electrons. The molecule has 1 aliphatic carbocycles. The van der Waals surface area contributed by atoms with E-state index in [2.05, 4.69) is 44.0 Å². The van der Waals surface area contributed by atoms with E-state index in [-0.39, 0.29) is 0 Å². The van der Waals surface area contributed by atoms with Crippen molar-refractivity contribution >= 4 is 54.5 Å². The molecule has 2 aromatic rings. The Morgan fingerprint density at radius 2 is 0.914 bits per heavy atom. The van der Waals surface area contributed by atoms with Crippen molar-refractivity contribution in [1.82, 2.24) is 0 Å². The molecule has 0 N–H and O–H groups in total. The minimum absolute atomic E-state index is 0.367. The van der Waals surface area contributed by atoms with Gasteiger partial charge in [0, 0.05) is 25.3 Å². The van der Waals surface area contributed by atoms with Crippen LogP contribution in [0.5, 0.6) is 0 Å². The molecular weight excluding hydrogens is 628 g/mol. The van der Waals surface area contributed by atoms with Gasteiger partial charge in [-0.25, -0.2) is 0 Å². The van der Waals surface area contributed by atoms with Crippen LogP contribution in [-0.4, -0.2) is 93.5 Å². The lowest BCUT2D eigenvalue weighted by Crippen LogP contribution is -2.35. The third-order valence-corrected chi connectivity index (χ3v) is 8.43. The van der Waals surface area contributed by atoms with Crippen LogP contribution in [0.2, 0.25) is 0 Å². The molecule has 0 saturated carbocycles. The number of methoxy groups -OCH3 is 2. The van der Waals surface area contributed by atoms with E-state index in [1.165, 1.54) is 0 Å². The summed E-state index contributed by atoms with van der Waals surface area (Å²) in [7, 11) is 3.30. The molecule has 0 saturated heterocycles. The molecule has 2 aromatic heterocycles. The molecule has 0 bridgehead atoms. The van der Waals surface area contributed by atoms with Gasteiger partial charge in [-0.1, -0.05) is 0 Å². The SMILES string of the molecule is COCCOCCOCCOC1(OCCOCCOCCOC)c2cc(Br)sc2-c2sc(Br)cc21. The Labute approximate surface area is 231 Å². The van der Waals surface area contributed by atoms with Crippen molar-refractivity contribution in [3.63, 3.8) is 0 Å². The van der Waals surface area contributed by atoms with Gasteiger partial charge in [-0.05, 0) is 44.0 Å². The molecular formula is C23H32Br2O8S2. The molecule has 1 aliphatic rings. The molecule has 0 amide bonds. The zero-order valence-electron chi connectivity index (χ0n) is 20.0. The Morgan fingerprint density at radius 1 is 0.571 bits per heavy atom. The molecule has 12 heteroatoms. The molecule has 35 heavy (non-hydrogen) atoms. The molecule has 2 heterocycles.